The molecule has 0 fully saturated rings. The summed E-state index contributed by atoms with van der Waals surface area (Å²) in [5.74, 6) is 0. The normalized spacial score (nSPS) is 11.5. The molecule has 0 aliphatic heterocycles. The third-order valence-electron chi connectivity index (χ3n) is 1.33. The van der Waals surface area contributed by atoms with E-state index in [1.54, 1.807) is 0 Å². The molecule has 0 amide bonds. The van der Waals surface area contributed by atoms with Crippen LogP contribution in [-0.2, 0) is 6.54 Å². The molecule has 0 heterocycles. The van der Waals surface area contributed by atoms with Gasteiger partial charge >= 0.3 is 75.0 Å². The van der Waals surface area contributed by atoms with Crippen LogP contribution in [0.3, 0.4) is 0 Å². The van der Waals surface area contributed by atoms with Gasteiger partial charge < -0.3 is 0 Å². The van der Waals surface area contributed by atoms with Crippen LogP contribution in [0.15, 0.2) is 35.3 Å². The van der Waals surface area contributed by atoms with Crippen LogP contribution in [0.1, 0.15) is 12.5 Å². The minimum atomic E-state index is 0.777. The first-order chi connectivity index (χ1) is 5.29. The van der Waals surface area contributed by atoms with E-state index < -0.39 is 0 Å². The fraction of sp³-hybridized carbons (Fsp3) is 0.222. The average molecular weight is 211 g/mol. The molecular weight excluding hydrogens is 201 g/mol. The molecule has 0 saturated carbocycles. The van der Waals surface area contributed by atoms with Crippen molar-refractivity contribution in [2.75, 3.05) is 0 Å². The van der Waals surface area contributed by atoms with E-state index in [2.05, 4.69) is 33.1 Å². The predicted molar refractivity (Wildman–Crippen MR) is 49.0 cm³/mol. The van der Waals surface area contributed by atoms with Gasteiger partial charge in [-0.2, -0.15) is 0 Å². The van der Waals surface area contributed by atoms with Crippen LogP contribution in [-0.4, -0.2) is 20.6 Å². The van der Waals surface area contributed by atoms with Crippen LogP contribution in [0.2, 0.25) is 0 Å². The Balaban J connectivity index is 2.59. The van der Waals surface area contributed by atoms with Crippen molar-refractivity contribution < 1.29 is 0 Å². The van der Waals surface area contributed by atoms with Crippen molar-refractivity contribution in [1.29, 1.82) is 0 Å². The maximum atomic E-state index is 4.26. The fourth-order valence-electron chi connectivity index (χ4n) is 0.786. The second kappa shape index (κ2) is 4.32. The second-order valence-corrected chi connectivity index (χ2v) is 3.56. The molecule has 0 aromatic heterocycles. The summed E-state index contributed by atoms with van der Waals surface area (Å²) in [5.41, 5.74) is 1.25. The quantitative estimate of drug-likeness (QED) is 0.522. The van der Waals surface area contributed by atoms with Gasteiger partial charge in [0.25, 0.3) is 0 Å². The van der Waals surface area contributed by atoms with Crippen LogP contribution in [0.5, 0.6) is 0 Å². The summed E-state index contributed by atoms with van der Waals surface area (Å²) in [6.45, 7) is 2.74. The van der Waals surface area contributed by atoms with Crippen molar-refractivity contribution in [3.8, 4) is 0 Å². The van der Waals surface area contributed by atoms with Crippen LogP contribution in [0.25, 0.3) is 0 Å². The van der Waals surface area contributed by atoms with Gasteiger partial charge in [-0.15, -0.1) is 0 Å². The van der Waals surface area contributed by atoms with E-state index in [-0.39, 0.29) is 0 Å². The van der Waals surface area contributed by atoms with Gasteiger partial charge in [-0.05, 0) is 0 Å². The standard InChI is InChI=1S/C9H10NSe/c1-8(11)10-7-9-5-3-2-4-6-9/h2-6H,7H2,1H3. The number of aliphatic imine (C=N–C) groups is 1. The van der Waals surface area contributed by atoms with E-state index >= 15 is 0 Å². The molecule has 11 heavy (non-hydrogen) atoms. The summed E-state index contributed by atoms with van der Waals surface area (Å²) < 4.78 is 1.01. The third-order valence-corrected chi connectivity index (χ3v) is 1.60. The van der Waals surface area contributed by atoms with Crippen molar-refractivity contribution >= 4 is 20.6 Å². The maximum absolute atomic E-state index is 4.26. The van der Waals surface area contributed by atoms with Crippen LogP contribution in [0.4, 0.5) is 0 Å². The minimum absolute atomic E-state index is 0.777. The predicted octanol–water partition coefficient (Wildman–Crippen LogP) is 1.77. The van der Waals surface area contributed by atoms with Crippen molar-refractivity contribution in [1.82, 2.24) is 0 Å². The van der Waals surface area contributed by atoms with Crippen LogP contribution < -0.4 is 0 Å². The van der Waals surface area contributed by atoms with Gasteiger partial charge in [0.05, 0.1) is 0 Å². The molecule has 0 bridgehead atoms. The van der Waals surface area contributed by atoms with Crippen molar-refractivity contribution in [2.24, 2.45) is 4.99 Å². The molecule has 1 aromatic carbocycles. The monoisotopic (exact) mass is 212 g/mol. The van der Waals surface area contributed by atoms with E-state index in [0.29, 0.717) is 0 Å². The van der Waals surface area contributed by atoms with Gasteiger partial charge in [0.1, 0.15) is 0 Å². The summed E-state index contributed by atoms with van der Waals surface area (Å²) in [5, 5.41) is 0. The Morgan fingerprint density at radius 3 is 2.55 bits per heavy atom. The van der Waals surface area contributed by atoms with Crippen molar-refractivity contribution in [2.45, 2.75) is 13.5 Å². The zero-order valence-corrected chi connectivity index (χ0v) is 8.16. The first-order valence-electron chi connectivity index (χ1n) is 3.51. The summed E-state index contributed by atoms with van der Waals surface area (Å²) >= 11 is 2.86. The molecule has 1 radical (unpaired) electrons. The Kier molecular flexibility index (Phi) is 3.34. The molecule has 0 atom stereocenters. The Morgan fingerprint density at radius 1 is 1.36 bits per heavy atom. The molecule has 1 nitrogen and oxygen atoms in total. The SMILES string of the molecule is CC([Se])=NCc1ccccc1. The molecule has 1 aromatic rings. The van der Waals surface area contributed by atoms with Crippen LogP contribution >= 0.6 is 0 Å². The van der Waals surface area contributed by atoms with Crippen LogP contribution in [0, 0.1) is 0 Å². The molecule has 0 aliphatic rings. The summed E-state index contributed by atoms with van der Waals surface area (Å²) in [7, 11) is 0. The van der Waals surface area contributed by atoms with Gasteiger partial charge in [0.15, 0.2) is 0 Å². The summed E-state index contributed by atoms with van der Waals surface area (Å²) in [4.78, 5) is 4.26. The van der Waals surface area contributed by atoms with Gasteiger partial charge in [0, 0.05) is 0 Å². The van der Waals surface area contributed by atoms with E-state index in [0.717, 1.165) is 11.2 Å². The Bertz CT molecular complexity index is 237. The Morgan fingerprint density at radius 2 is 2.00 bits per heavy atom. The number of nitrogens with zero attached hydrogens (tertiary/aromatic N) is 1. The molecule has 1 rings (SSSR count). The molecule has 2 heteroatoms. The first-order valence-corrected chi connectivity index (χ1v) is 4.36. The molecule has 0 saturated heterocycles. The fourth-order valence-corrected chi connectivity index (χ4v) is 0.921. The molecule has 57 valence electrons. The molecular formula is C9H10NSe. The Labute approximate surface area is 75.4 Å². The molecule has 0 aliphatic carbocycles. The Hall–Kier alpha value is -0.591. The van der Waals surface area contributed by atoms with Gasteiger partial charge in [-0.25, -0.2) is 0 Å². The van der Waals surface area contributed by atoms with E-state index in [1.165, 1.54) is 5.56 Å². The second-order valence-electron chi connectivity index (χ2n) is 2.32. The summed E-state index contributed by atoms with van der Waals surface area (Å²) in [6.07, 6.45) is 0. The first kappa shape index (κ1) is 8.51. The third kappa shape index (κ3) is 3.35. The van der Waals surface area contributed by atoms with Crippen molar-refractivity contribution in [3.05, 3.63) is 35.9 Å². The topological polar surface area (TPSA) is 12.4 Å². The van der Waals surface area contributed by atoms with Crippen molar-refractivity contribution in [3.63, 3.8) is 0 Å². The molecule has 0 spiro atoms. The van der Waals surface area contributed by atoms with E-state index in [1.807, 2.05) is 25.1 Å². The number of rotatable bonds is 2. The molecule has 0 unspecified atom stereocenters. The van der Waals surface area contributed by atoms with E-state index in [9.17, 15) is 0 Å². The van der Waals surface area contributed by atoms with E-state index in [4.69, 9.17) is 0 Å². The number of benzene rings is 1. The molecule has 0 N–H and O–H groups in total. The number of hydrogen-bond donors (Lipinski definition) is 0. The zero-order chi connectivity index (χ0) is 8.10. The summed E-state index contributed by atoms with van der Waals surface area (Å²) in [6, 6.07) is 10.2. The van der Waals surface area contributed by atoms with Gasteiger partial charge in [-0.1, -0.05) is 0 Å². The average Bonchev–Trinajstić information content (AvgIpc) is 2.03. The number of hydrogen-bond acceptors (Lipinski definition) is 1. The van der Waals surface area contributed by atoms with Gasteiger partial charge in [0.2, 0.25) is 0 Å². The zero-order valence-electron chi connectivity index (χ0n) is 6.45. The van der Waals surface area contributed by atoms with Gasteiger partial charge in [-0.3, -0.25) is 0 Å².